The molecule has 0 aliphatic carbocycles. The summed E-state index contributed by atoms with van der Waals surface area (Å²) in [6, 6.07) is 22.7. The van der Waals surface area contributed by atoms with Gasteiger partial charge < -0.3 is 14.8 Å². The van der Waals surface area contributed by atoms with Crippen molar-refractivity contribution in [1.29, 1.82) is 0 Å². The van der Waals surface area contributed by atoms with Crippen molar-refractivity contribution < 1.29 is 19.1 Å². The number of hydrogen-bond donors (Lipinski definition) is 3. The van der Waals surface area contributed by atoms with Crippen molar-refractivity contribution in [2.45, 2.75) is 6.92 Å². The van der Waals surface area contributed by atoms with Crippen LogP contribution in [0.25, 0.3) is 22.2 Å². The van der Waals surface area contributed by atoms with Crippen LogP contribution in [0.3, 0.4) is 0 Å². The van der Waals surface area contributed by atoms with E-state index < -0.39 is 5.91 Å². The number of fused-ring (bicyclic) bond motifs is 1. The van der Waals surface area contributed by atoms with E-state index in [0.717, 1.165) is 0 Å². The zero-order valence-electron chi connectivity index (χ0n) is 17.6. The summed E-state index contributed by atoms with van der Waals surface area (Å²) in [5.74, 6) is -0.675. The first-order valence-corrected chi connectivity index (χ1v) is 10.3. The number of benzene rings is 3. The van der Waals surface area contributed by atoms with Crippen molar-refractivity contribution in [3.63, 3.8) is 0 Å². The van der Waals surface area contributed by atoms with Crippen molar-refractivity contribution in [1.82, 2.24) is 10.2 Å². The van der Waals surface area contributed by atoms with Crippen molar-refractivity contribution in [3.05, 3.63) is 101 Å². The summed E-state index contributed by atoms with van der Waals surface area (Å²) in [4.78, 5) is 26.2. The number of phenolic OH excluding ortho intramolecular Hbond substituents is 1. The number of carbonyl (C=O) groups is 2. The molecule has 3 aromatic carbocycles. The molecule has 5 rings (SSSR count). The monoisotopic (exact) mass is 437 g/mol. The van der Waals surface area contributed by atoms with Crippen LogP contribution in [0.15, 0.2) is 83.3 Å². The highest BCUT2D eigenvalue weighted by Gasteiger charge is 2.24. The highest BCUT2D eigenvalue weighted by molar-refractivity contribution is 6.18. The Bertz CT molecular complexity index is 1500. The van der Waals surface area contributed by atoms with Gasteiger partial charge in [0.05, 0.1) is 11.4 Å². The Morgan fingerprint density at radius 2 is 1.73 bits per heavy atom. The van der Waals surface area contributed by atoms with E-state index in [1.54, 1.807) is 79.7 Å². The molecule has 2 heterocycles. The summed E-state index contributed by atoms with van der Waals surface area (Å²) >= 11 is 0. The summed E-state index contributed by atoms with van der Waals surface area (Å²) in [6.45, 7) is 1.79. The number of para-hydroxylation sites is 2. The maximum atomic E-state index is 13.1. The lowest BCUT2D eigenvalue weighted by Crippen LogP contribution is -2.14. The average Bonchev–Trinajstić information content (AvgIpc) is 3.47. The molecule has 3 N–H and O–H groups in total. The normalized spacial score (nSPS) is 10.9. The second kappa shape index (κ2) is 8.12. The Morgan fingerprint density at radius 1 is 0.970 bits per heavy atom. The molecule has 0 saturated heterocycles. The van der Waals surface area contributed by atoms with E-state index in [2.05, 4.69) is 15.5 Å². The van der Waals surface area contributed by atoms with Crippen LogP contribution in [-0.2, 0) is 0 Å². The summed E-state index contributed by atoms with van der Waals surface area (Å²) in [6.07, 6.45) is 0. The summed E-state index contributed by atoms with van der Waals surface area (Å²) in [5, 5.41) is 20.6. The topological polar surface area (TPSA) is 108 Å². The molecule has 33 heavy (non-hydrogen) atoms. The maximum absolute atomic E-state index is 13.1. The Hall–Kier alpha value is -4.65. The minimum atomic E-state index is -0.491. The number of rotatable bonds is 5. The highest BCUT2D eigenvalue weighted by atomic mass is 16.3. The second-order valence-electron chi connectivity index (χ2n) is 7.59. The zero-order chi connectivity index (χ0) is 22.9. The second-order valence-corrected chi connectivity index (χ2v) is 7.59. The van der Waals surface area contributed by atoms with Crippen molar-refractivity contribution in [3.8, 4) is 17.0 Å². The highest BCUT2D eigenvalue weighted by Crippen LogP contribution is 2.34. The molecule has 0 aliphatic heterocycles. The van der Waals surface area contributed by atoms with Gasteiger partial charge in [-0.05, 0) is 36.8 Å². The van der Waals surface area contributed by atoms with Crippen LogP contribution in [0.4, 0.5) is 5.69 Å². The SMILES string of the molecule is Cc1cccc(-c2cc(C(=O)Nc3c(C(=O)c4ccccc4)oc4ccccc34)[nH]n2)c1O. The lowest BCUT2D eigenvalue weighted by Gasteiger charge is -2.05. The molecule has 2 aromatic heterocycles. The van der Waals surface area contributed by atoms with E-state index in [0.29, 0.717) is 39.0 Å². The van der Waals surface area contributed by atoms with E-state index in [1.807, 2.05) is 6.07 Å². The number of ketones is 1. The van der Waals surface area contributed by atoms with Gasteiger partial charge in [-0.25, -0.2) is 0 Å². The molecular weight excluding hydrogens is 418 g/mol. The number of furan rings is 1. The van der Waals surface area contributed by atoms with Crippen LogP contribution in [0.5, 0.6) is 5.75 Å². The number of phenols is 1. The fraction of sp³-hybridized carbons (Fsp3) is 0.0385. The number of aryl methyl sites for hydroxylation is 1. The van der Waals surface area contributed by atoms with Crippen LogP contribution in [-0.4, -0.2) is 27.0 Å². The number of nitrogens with zero attached hydrogens (tertiary/aromatic N) is 1. The largest absolute Gasteiger partial charge is 0.507 e. The number of aromatic amines is 1. The molecule has 0 fully saturated rings. The Labute approximate surface area is 188 Å². The van der Waals surface area contributed by atoms with Gasteiger partial charge in [0, 0.05) is 16.5 Å². The van der Waals surface area contributed by atoms with Crippen LogP contribution >= 0.6 is 0 Å². The fourth-order valence-electron chi connectivity index (χ4n) is 3.67. The van der Waals surface area contributed by atoms with Gasteiger partial charge in [0.15, 0.2) is 5.76 Å². The maximum Gasteiger partial charge on any atom is 0.273 e. The van der Waals surface area contributed by atoms with Crippen molar-refractivity contribution in [2.24, 2.45) is 0 Å². The first-order valence-electron chi connectivity index (χ1n) is 10.3. The Balaban J connectivity index is 1.51. The molecule has 0 radical (unpaired) electrons. The predicted octanol–water partition coefficient (Wildman–Crippen LogP) is 5.32. The smallest absolute Gasteiger partial charge is 0.273 e. The van der Waals surface area contributed by atoms with Crippen molar-refractivity contribution >= 4 is 28.3 Å². The van der Waals surface area contributed by atoms with Crippen LogP contribution in [0.1, 0.15) is 32.2 Å². The molecule has 5 aromatic rings. The predicted molar refractivity (Wildman–Crippen MR) is 124 cm³/mol. The summed E-state index contributed by atoms with van der Waals surface area (Å²) in [5.41, 5.74) is 3.05. The van der Waals surface area contributed by atoms with E-state index in [1.165, 1.54) is 0 Å². The molecule has 0 atom stereocenters. The molecule has 162 valence electrons. The van der Waals surface area contributed by atoms with Gasteiger partial charge in [-0.1, -0.05) is 54.6 Å². The molecule has 1 amide bonds. The van der Waals surface area contributed by atoms with Crippen LogP contribution < -0.4 is 5.32 Å². The van der Waals surface area contributed by atoms with E-state index in [-0.39, 0.29) is 23.0 Å². The fourth-order valence-corrected chi connectivity index (χ4v) is 3.67. The first kappa shape index (κ1) is 20.3. The third kappa shape index (κ3) is 3.65. The molecule has 7 heteroatoms. The lowest BCUT2D eigenvalue weighted by molar-refractivity contribution is 0.101. The number of carbonyl (C=O) groups excluding carboxylic acids is 2. The van der Waals surface area contributed by atoms with Gasteiger partial charge >= 0.3 is 0 Å². The Morgan fingerprint density at radius 3 is 2.55 bits per heavy atom. The van der Waals surface area contributed by atoms with Crippen molar-refractivity contribution in [2.75, 3.05) is 5.32 Å². The summed E-state index contributed by atoms with van der Waals surface area (Å²) < 4.78 is 5.83. The molecule has 0 saturated carbocycles. The van der Waals surface area contributed by atoms with E-state index in [4.69, 9.17) is 4.42 Å². The van der Waals surface area contributed by atoms with Crippen LogP contribution in [0, 0.1) is 6.92 Å². The number of anilines is 1. The van der Waals surface area contributed by atoms with Gasteiger partial charge in [0.2, 0.25) is 5.78 Å². The van der Waals surface area contributed by atoms with E-state index in [9.17, 15) is 14.7 Å². The molecular formula is C26H19N3O4. The molecule has 0 unspecified atom stereocenters. The number of hydrogen-bond acceptors (Lipinski definition) is 5. The number of nitrogens with one attached hydrogen (secondary N) is 2. The first-order chi connectivity index (χ1) is 16.0. The van der Waals surface area contributed by atoms with Gasteiger partial charge in [0.1, 0.15) is 17.0 Å². The average molecular weight is 437 g/mol. The quantitative estimate of drug-likeness (QED) is 0.323. The minimum Gasteiger partial charge on any atom is -0.507 e. The zero-order valence-corrected chi connectivity index (χ0v) is 17.6. The number of aromatic hydroxyl groups is 1. The van der Waals surface area contributed by atoms with Crippen LogP contribution in [0.2, 0.25) is 0 Å². The third-order valence-electron chi connectivity index (χ3n) is 5.41. The molecule has 7 nitrogen and oxygen atoms in total. The number of amides is 1. The van der Waals surface area contributed by atoms with E-state index >= 15 is 0 Å². The molecule has 0 spiro atoms. The molecule has 0 bridgehead atoms. The van der Waals surface area contributed by atoms with Gasteiger partial charge in [-0.3, -0.25) is 14.7 Å². The molecule has 0 aliphatic rings. The third-order valence-corrected chi connectivity index (χ3v) is 5.41. The van der Waals surface area contributed by atoms with Gasteiger partial charge in [0.25, 0.3) is 5.91 Å². The van der Waals surface area contributed by atoms with Gasteiger partial charge in [-0.15, -0.1) is 0 Å². The lowest BCUT2D eigenvalue weighted by atomic mass is 10.1. The minimum absolute atomic E-state index is 0.0480. The number of H-pyrrole nitrogens is 1. The Kier molecular flexibility index (Phi) is 4.99. The summed E-state index contributed by atoms with van der Waals surface area (Å²) in [7, 11) is 0. The number of aromatic nitrogens is 2. The standard InChI is InChI=1S/C26H19N3O4/c1-15-8-7-12-17(23(15)30)19-14-20(29-28-19)26(32)27-22-18-11-5-6-13-21(18)33-25(22)24(31)16-9-3-2-4-10-16/h2-14,30H,1H3,(H,27,32)(H,28,29). The van der Waals surface area contributed by atoms with Gasteiger partial charge in [-0.2, -0.15) is 5.10 Å².